The molecule has 0 saturated carbocycles. The van der Waals surface area contributed by atoms with Crippen molar-refractivity contribution in [2.75, 3.05) is 26.8 Å². The number of phenols is 1. The molecule has 2 aromatic rings. The maximum Gasteiger partial charge on any atom is 0.254 e. The van der Waals surface area contributed by atoms with Gasteiger partial charge in [0.05, 0.1) is 20.3 Å². The minimum absolute atomic E-state index is 0.154. The lowest BCUT2D eigenvalue weighted by Crippen LogP contribution is -2.42. The standard InChI is InChI=1S/C18H17F2NO4/c1-24-13-4-2-3-11(7-13)16-10-21(5-6-25-16)18(23)12-8-14(19)17(22)15(20)9-12/h2-4,7-9,16,22H,5-6,10H2,1H3. The average Bonchev–Trinajstić information content (AvgIpc) is 2.65. The Hall–Kier alpha value is -2.67. The molecule has 0 radical (unpaired) electrons. The number of morpholine rings is 1. The first-order valence-corrected chi connectivity index (χ1v) is 7.72. The number of methoxy groups -OCH3 is 1. The third-order valence-corrected chi connectivity index (χ3v) is 4.08. The SMILES string of the molecule is COc1cccc(C2CN(C(=O)c3cc(F)c(O)c(F)c3)CCO2)c1. The van der Waals surface area contributed by atoms with E-state index in [1.807, 2.05) is 18.2 Å². The van der Waals surface area contributed by atoms with E-state index >= 15 is 0 Å². The highest BCUT2D eigenvalue weighted by molar-refractivity contribution is 5.94. The monoisotopic (exact) mass is 349 g/mol. The van der Waals surface area contributed by atoms with Crippen molar-refractivity contribution >= 4 is 5.91 Å². The van der Waals surface area contributed by atoms with Crippen LogP contribution in [0.25, 0.3) is 0 Å². The first kappa shape index (κ1) is 17.2. The molecule has 2 aromatic carbocycles. The highest BCUT2D eigenvalue weighted by Gasteiger charge is 2.27. The zero-order chi connectivity index (χ0) is 18.0. The molecule has 0 bridgehead atoms. The first-order chi connectivity index (χ1) is 12.0. The molecular weight excluding hydrogens is 332 g/mol. The Labute approximate surface area is 143 Å². The molecule has 1 atom stereocenters. The number of hydrogen-bond donors (Lipinski definition) is 1. The van der Waals surface area contributed by atoms with Crippen molar-refractivity contribution in [2.24, 2.45) is 0 Å². The third kappa shape index (κ3) is 3.56. The molecular formula is C18H17F2NO4. The molecule has 0 spiro atoms. The summed E-state index contributed by atoms with van der Waals surface area (Å²) in [5, 5.41) is 9.16. The molecule has 1 unspecified atom stereocenters. The number of nitrogens with zero attached hydrogens (tertiary/aromatic N) is 1. The lowest BCUT2D eigenvalue weighted by atomic mass is 10.1. The minimum Gasteiger partial charge on any atom is -0.503 e. The van der Waals surface area contributed by atoms with Gasteiger partial charge in [0.25, 0.3) is 5.91 Å². The van der Waals surface area contributed by atoms with Gasteiger partial charge in [-0.05, 0) is 29.8 Å². The summed E-state index contributed by atoms with van der Waals surface area (Å²) in [7, 11) is 1.56. The van der Waals surface area contributed by atoms with Gasteiger partial charge in [0.15, 0.2) is 17.4 Å². The van der Waals surface area contributed by atoms with Crippen LogP contribution in [-0.2, 0) is 4.74 Å². The third-order valence-electron chi connectivity index (χ3n) is 4.08. The second kappa shape index (κ2) is 7.06. The summed E-state index contributed by atoms with van der Waals surface area (Å²) in [5.74, 6) is -3.27. The van der Waals surface area contributed by atoms with Gasteiger partial charge >= 0.3 is 0 Å². The van der Waals surface area contributed by atoms with Crippen LogP contribution in [0.4, 0.5) is 8.78 Å². The molecule has 0 aromatic heterocycles. The number of phenolic OH excluding ortho intramolecular Hbond substituents is 1. The Morgan fingerprint density at radius 2 is 2.00 bits per heavy atom. The van der Waals surface area contributed by atoms with E-state index in [2.05, 4.69) is 0 Å². The number of amides is 1. The van der Waals surface area contributed by atoms with Crippen LogP contribution >= 0.6 is 0 Å². The molecule has 5 nitrogen and oxygen atoms in total. The summed E-state index contributed by atoms with van der Waals surface area (Å²) in [4.78, 5) is 14.0. The summed E-state index contributed by atoms with van der Waals surface area (Å²) in [6.07, 6.45) is -0.361. The van der Waals surface area contributed by atoms with Gasteiger partial charge in [-0.2, -0.15) is 0 Å². The van der Waals surface area contributed by atoms with Crippen molar-refractivity contribution in [1.29, 1.82) is 0 Å². The zero-order valence-corrected chi connectivity index (χ0v) is 13.5. The van der Waals surface area contributed by atoms with Gasteiger partial charge in [-0.1, -0.05) is 12.1 Å². The molecule has 1 heterocycles. The molecule has 1 aliphatic heterocycles. The average molecular weight is 349 g/mol. The van der Waals surface area contributed by atoms with E-state index in [9.17, 15) is 13.6 Å². The fraction of sp³-hybridized carbons (Fsp3) is 0.278. The molecule has 7 heteroatoms. The number of rotatable bonds is 3. The maximum atomic E-state index is 13.5. The number of carbonyl (C=O) groups is 1. The van der Waals surface area contributed by atoms with Gasteiger partial charge in [-0.3, -0.25) is 4.79 Å². The van der Waals surface area contributed by atoms with E-state index in [-0.39, 0.29) is 18.2 Å². The normalized spacial score (nSPS) is 17.4. The van der Waals surface area contributed by atoms with Gasteiger partial charge in [-0.25, -0.2) is 8.78 Å². The molecule has 132 valence electrons. The molecule has 3 rings (SSSR count). The predicted molar refractivity (Wildman–Crippen MR) is 85.6 cm³/mol. The van der Waals surface area contributed by atoms with Crippen molar-refractivity contribution in [3.8, 4) is 11.5 Å². The molecule has 0 aliphatic carbocycles. The lowest BCUT2D eigenvalue weighted by Gasteiger charge is -2.33. The predicted octanol–water partition coefficient (Wildman–Crippen LogP) is 2.89. The summed E-state index contributed by atoms with van der Waals surface area (Å²) in [6.45, 7) is 0.857. The van der Waals surface area contributed by atoms with Crippen molar-refractivity contribution < 1.29 is 28.2 Å². The van der Waals surface area contributed by atoms with Gasteiger partial charge < -0.3 is 19.5 Å². The van der Waals surface area contributed by atoms with Gasteiger partial charge in [0.2, 0.25) is 0 Å². The Morgan fingerprint density at radius 3 is 2.68 bits per heavy atom. The molecule has 1 saturated heterocycles. The number of benzene rings is 2. The summed E-state index contributed by atoms with van der Waals surface area (Å²) in [5.41, 5.74) is 0.694. The Morgan fingerprint density at radius 1 is 1.28 bits per heavy atom. The van der Waals surface area contributed by atoms with Crippen molar-refractivity contribution in [3.05, 3.63) is 59.2 Å². The maximum absolute atomic E-state index is 13.5. The summed E-state index contributed by atoms with van der Waals surface area (Å²) < 4.78 is 37.9. The van der Waals surface area contributed by atoms with Crippen LogP contribution in [0.2, 0.25) is 0 Å². The number of aromatic hydroxyl groups is 1. The van der Waals surface area contributed by atoms with Crippen molar-refractivity contribution in [1.82, 2.24) is 4.90 Å². The second-order valence-corrected chi connectivity index (χ2v) is 5.68. The number of hydrogen-bond acceptors (Lipinski definition) is 4. The van der Waals surface area contributed by atoms with E-state index in [0.717, 1.165) is 17.7 Å². The minimum atomic E-state index is -1.17. The fourth-order valence-electron chi connectivity index (χ4n) is 2.75. The molecule has 1 N–H and O–H groups in total. The van der Waals surface area contributed by atoms with Gasteiger partial charge in [-0.15, -0.1) is 0 Å². The largest absolute Gasteiger partial charge is 0.503 e. The van der Waals surface area contributed by atoms with Crippen LogP contribution in [0.1, 0.15) is 22.0 Å². The van der Waals surface area contributed by atoms with Crippen LogP contribution in [0, 0.1) is 11.6 Å². The second-order valence-electron chi connectivity index (χ2n) is 5.68. The highest BCUT2D eigenvalue weighted by atomic mass is 19.1. The van der Waals surface area contributed by atoms with Gasteiger partial charge in [0, 0.05) is 12.1 Å². The number of halogens is 2. The Kier molecular flexibility index (Phi) is 4.85. The molecule has 1 aliphatic rings. The Balaban J connectivity index is 1.80. The van der Waals surface area contributed by atoms with E-state index < -0.39 is 23.3 Å². The van der Waals surface area contributed by atoms with E-state index in [4.69, 9.17) is 14.6 Å². The van der Waals surface area contributed by atoms with Crippen LogP contribution < -0.4 is 4.74 Å². The van der Waals surface area contributed by atoms with E-state index in [0.29, 0.717) is 18.9 Å². The van der Waals surface area contributed by atoms with E-state index in [1.54, 1.807) is 13.2 Å². The lowest BCUT2D eigenvalue weighted by molar-refractivity contribution is -0.0229. The van der Waals surface area contributed by atoms with Crippen LogP contribution in [0.5, 0.6) is 11.5 Å². The smallest absolute Gasteiger partial charge is 0.254 e. The molecule has 1 fully saturated rings. The van der Waals surface area contributed by atoms with Crippen molar-refractivity contribution in [2.45, 2.75) is 6.10 Å². The number of ether oxygens (including phenoxy) is 2. The quantitative estimate of drug-likeness (QED) is 0.926. The topological polar surface area (TPSA) is 59.0 Å². The van der Waals surface area contributed by atoms with Crippen molar-refractivity contribution in [3.63, 3.8) is 0 Å². The Bertz CT molecular complexity index is 773. The fourth-order valence-corrected chi connectivity index (χ4v) is 2.75. The first-order valence-electron chi connectivity index (χ1n) is 7.72. The summed E-state index contributed by atoms with van der Waals surface area (Å²) >= 11 is 0. The van der Waals surface area contributed by atoms with Crippen LogP contribution in [0.15, 0.2) is 36.4 Å². The van der Waals surface area contributed by atoms with Crippen LogP contribution in [-0.4, -0.2) is 42.7 Å². The number of carbonyl (C=O) groups excluding carboxylic acids is 1. The molecule has 25 heavy (non-hydrogen) atoms. The zero-order valence-electron chi connectivity index (χ0n) is 13.5. The summed E-state index contributed by atoms with van der Waals surface area (Å²) in [6, 6.07) is 8.97. The van der Waals surface area contributed by atoms with E-state index in [1.165, 1.54) is 4.90 Å². The highest BCUT2D eigenvalue weighted by Crippen LogP contribution is 2.27. The van der Waals surface area contributed by atoms with Crippen LogP contribution in [0.3, 0.4) is 0 Å². The van der Waals surface area contributed by atoms with Gasteiger partial charge in [0.1, 0.15) is 11.9 Å². The molecule has 1 amide bonds.